The van der Waals surface area contributed by atoms with Crippen LogP contribution in [0.3, 0.4) is 0 Å². The number of hydrogen-bond acceptors (Lipinski definition) is 6. The summed E-state index contributed by atoms with van der Waals surface area (Å²) in [6, 6.07) is 16.4. The molecule has 0 amide bonds. The molecule has 9 heteroatoms. The number of phenolic OH excluding ortho intramolecular Hbond substituents is 1. The van der Waals surface area contributed by atoms with Gasteiger partial charge in [-0.15, -0.1) is 15.0 Å². The Balaban J connectivity index is 1.80. The lowest BCUT2D eigenvalue weighted by molar-refractivity contribution is -0.137. The fourth-order valence-electron chi connectivity index (χ4n) is 4.03. The number of aromatic nitrogens is 3. The monoisotopic (exact) mass is 507 g/mol. The van der Waals surface area contributed by atoms with Gasteiger partial charge in [-0.05, 0) is 66.6 Å². The van der Waals surface area contributed by atoms with Crippen LogP contribution in [0, 0.1) is 0 Å². The second-order valence-electron chi connectivity index (χ2n) is 9.45. The van der Waals surface area contributed by atoms with Crippen molar-refractivity contribution in [2.45, 2.75) is 61.7 Å². The van der Waals surface area contributed by atoms with Gasteiger partial charge in [0.15, 0.2) is 0 Å². The highest BCUT2D eigenvalue weighted by Gasteiger charge is 2.26. The van der Waals surface area contributed by atoms with E-state index in [1.807, 2.05) is 26.8 Å². The molecule has 0 bridgehead atoms. The number of hydrogen-bond donors (Lipinski definition) is 2. The van der Waals surface area contributed by atoms with Crippen LogP contribution in [0.5, 0.6) is 5.75 Å². The molecule has 36 heavy (non-hydrogen) atoms. The van der Waals surface area contributed by atoms with Crippen LogP contribution >= 0.6 is 0 Å². The first-order valence-corrected chi connectivity index (χ1v) is 13.3. The molecule has 1 heterocycles. The van der Waals surface area contributed by atoms with Gasteiger partial charge in [0.25, 0.3) is 0 Å². The minimum absolute atomic E-state index is 0.0428. The Labute approximate surface area is 210 Å². The summed E-state index contributed by atoms with van der Waals surface area (Å²) in [5.41, 5.74) is 2.47. The summed E-state index contributed by atoms with van der Waals surface area (Å²) >= 11 is 0. The number of aliphatic carboxylic acids is 1. The lowest BCUT2D eigenvalue weighted by atomic mass is 9.80. The number of benzene rings is 3. The van der Waals surface area contributed by atoms with Gasteiger partial charge >= 0.3 is 5.97 Å². The normalized spacial score (nSPS) is 12.2. The van der Waals surface area contributed by atoms with Crippen molar-refractivity contribution in [1.82, 2.24) is 15.0 Å². The Bertz CT molecular complexity index is 1530. The molecule has 0 saturated carbocycles. The highest BCUT2D eigenvalue weighted by Crippen LogP contribution is 2.38. The van der Waals surface area contributed by atoms with E-state index in [1.165, 1.54) is 16.9 Å². The largest absolute Gasteiger partial charge is 0.505 e. The predicted molar refractivity (Wildman–Crippen MR) is 136 cm³/mol. The van der Waals surface area contributed by atoms with Crippen molar-refractivity contribution in [1.29, 1.82) is 0 Å². The average Bonchev–Trinajstić information content (AvgIpc) is 3.28. The van der Waals surface area contributed by atoms with Gasteiger partial charge in [0, 0.05) is 12.0 Å². The zero-order chi connectivity index (χ0) is 26.1. The Hall–Kier alpha value is -3.72. The molecule has 0 atom stereocenters. The number of nitrogens with zero attached hydrogens (tertiary/aromatic N) is 3. The van der Waals surface area contributed by atoms with Gasteiger partial charge in [0.1, 0.15) is 22.5 Å². The number of carboxylic acid groups (broad SMARTS) is 1. The van der Waals surface area contributed by atoms with E-state index in [1.54, 1.807) is 42.5 Å². The highest BCUT2D eigenvalue weighted by atomic mass is 32.2. The van der Waals surface area contributed by atoms with Crippen molar-refractivity contribution in [2.75, 3.05) is 0 Å². The molecular formula is C27H29N3O5S. The van der Waals surface area contributed by atoms with E-state index in [9.17, 15) is 18.3 Å². The summed E-state index contributed by atoms with van der Waals surface area (Å²) in [5, 5.41) is 29.2. The molecule has 0 unspecified atom stereocenters. The summed E-state index contributed by atoms with van der Waals surface area (Å²) in [7, 11) is -3.72. The van der Waals surface area contributed by atoms with Crippen molar-refractivity contribution in [3.05, 3.63) is 71.8 Å². The summed E-state index contributed by atoms with van der Waals surface area (Å²) < 4.78 is 26.1. The molecule has 2 N–H and O–H groups in total. The zero-order valence-electron chi connectivity index (χ0n) is 20.5. The van der Waals surface area contributed by atoms with E-state index in [0.29, 0.717) is 29.6 Å². The molecule has 0 spiro atoms. The summed E-state index contributed by atoms with van der Waals surface area (Å²) in [5.74, 6) is -0.814. The van der Waals surface area contributed by atoms with Crippen LogP contribution in [0.1, 0.15) is 51.2 Å². The van der Waals surface area contributed by atoms with E-state index in [0.717, 1.165) is 17.5 Å². The molecule has 0 saturated heterocycles. The highest BCUT2D eigenvalue weighted by molar-refractivity contribution is 7.91. The molecule has 0 fully saturated rings. The van der Waals surface area contributed by atoms with Crippen LogP contribution < -0.4 is 0 Å². The molecule has 0 radical (unpaired) electrons. The molecule has 4 aromatic rings. The van der Waals surface area contributed by atoms with Crippen LogP contribution in [0.25, 0.3) is 16.7 Å². The maximum atomic E-state index is 13.1. The molecule has 3 aromatic carbocycles. The van der Waals surface area contributed by atoms with E-state index >= 15 is 0 Å². The summed E-state index contributed by atoms with van der Waals surface area (Å²) in [6.45, 7) is 6.09. The lowest BCUT2D eigenvalue weighted by Crippen LogP contribution is -2.17. The fraction of sp³-hybridized carbons (Fsp3) is 0.296. The maximum absolute atomic E-state index is 13.1. The van der Waals surface area contributed by atoms with Gasteiger partial charge in [0.2, 0.25) is 9.84 Å². The molecular weight excluding hydrogens is 478 g/mol. The quantitative estimate of drug-likeness (QED) is 0.325. The number of carboxylic acids is 1. The Kier molecular flexibility index (Phi) is 6.86. The number of sulfone groups is 1. The second kappa shape index (κ2) is 9.73. The van der Waals surface area contributed by atoms with Gasteiger partial charge < -0.3 is 10.2 Å². The van der Waals surface area contributed by atoms with Crippen molar-refractivity contribution in [3.8, 4) is 11.4 Å². The average molecular weight is 508 g/mol. The third-order valence-corrected chi connectivity index (χ3v) is 8.32. The van der Waals surface area contributed by atoms with Gasteiger partial charge in [-0.25, -0.2) is 8.42 Å². The number of fused-ring (bicyclic) bond motifs is 1. The van der Waals surface area contributed by atoms with E-state index < -0.39 is 15.8 Å². The number of carbonyl (C=O) groups is 1. The minimum Gasteiger partial charge on any atom is -0.505 e. The minimum atomic E-state index is -3.72. The molecule has 0 aliphatic carbocycles. The van der Waals surface area contributed by atoms with Crippen molar-refractivity contribution >= 4 is 26.8 Å². The van der Waals surface area contributed by atoms with E-state index in [4.69, 9.17) is 5.11 Å². The molecule has 0 aliphatic heterocycles. The zero-order valence-corrected chi connectivity index (χ0v) is 21.3. The van der Waals surface area contributed by atoms with Gasteiger partial charge in [0.05, 0.1) is 9.79 Å². The Morgan fingerprint density at radius 1 is 0.972 bits per heavy atom. The summed E-state index contributed by atoms with van der Waals surface area (Å²) in [6.07, 6.45) is 1.80. The first kappa shape index (κ1) is 25.4. The number of rotatable bonds is 9. The molecule has 188 valence electrons. The fourth-order valence-corrected chi connectivity index (χ4v) is 5.33. The number of aromatic hydroxyl groups is 1. The van der Waals surface area contributed by atoms with E-state index in [2.05, 4.69) is 10.2 Å². The van der Waals surface area contributed by atoms with Crippen LogP contribution in [-0.4, -0.2) is 39.6 Å². The second-order valence-corrected chi connectivity index (χ2v) is 11.4. The van der Waals surface area contributed by atoms with Gasteiger partial charge in [-0.2, -0.15) is 0 Å². The molecule has 0 aliphatic rings. The van der Waals surface area contributed by atoms with Gasteiger partial charge in [-0.1, -0.05) is 45.0 Å². The van der Waals surface area contributed by atoms with E-state index in [-0.39, 0.29) is 27.4 Å². The van der Waals surface area contributed by atoms with Crippen molar-refractivity contribution in [2.24, 2.45) is 0 Å². The van der Waals surface area contributed by atoms with Crippen LogP contribution in [0.15, 0.2) is 70.5 Å². The summed E-state index contributed by atoms with van der Waals surface area (Å²) in [4.78, 5) is 12.6. The van der Waals surface area contributed by atoms with Crippen LogP contribution in [0.2, 0.25) is 0 Å². The lowest BCUT2D eigenvalue weighted by Gasteiger charge is -2.26. The Morgan fingerprint density at radius 2 is 1.67 bits per heavy atom. The molecule has 4 rings (SSSR count). The number of phenols is 1. The first-order valence-electron chi connectivity index (χ1n) is 11.8. The SMILES string of the molecule is CCC(C)(C)c1cc(CCCC(=O)O)cc(-n2nc3ccc(S(=O)(=O)c4ccccc4)cc3n2)c1O. The standard InChI is InChI=1S/C27H29N3O5S/c1-4-27(2,3)21-15-18(9-8-12-25(31)32)16-24(26(21)33)30-28-22-14-13-20(17-23(22)29-30)36(34,35)19-10-6-5-7-11-19/h5-7,10-11,13-17,33H,4,8-9,12H2,1-3H3,(H,31,32). The molecule has 1 aromatic heterocycles. The van der Waals surface area contributed by atoms with Crippen molar-refractivity contribution in [3.63, 3.8) is 0 Å². The van der Waals surface area contributed by atoms with Crippen LogP contribution in [0.4, 0.5) is 0 Å². The first-order chi connectivity index (χ1) is 17.0. The van der Waals surface area contributed by atoms with Crippen LogP contribution in [-0.2, 0) is 26.5 Å². The third kappa shape index (κ3) is 4.97. The van der Waals surface area contributed by atoms with Gasteiger partial charge in [-0.3, -0.25) is 4.79 Å². The smallest absolute Gasteiger partial charge is 0.303 e. The third-order valence-electron chi connectivity index (χ3n) is 6.55. The molecule has 8 nitrogen and oxygen atoms in total. The number of aryl methyl sites for hydroxylation is 1. The maximum Gasteiger partial charge on any atom is 0.303 e. The Morgan fingerprint density at radius 3 is 2.33 bits per heavy atom. The predicted octanol–water partition coefficient (Wildman–Crippen LogP) is 5.05. The topological polar surface area (TPSA) is 122 Å². The van der Waals surface area contributed by atoms with Crippen molar-refractivity contribution < 1.29 is 23.4 Å².